The quantitative estimate of drug-likeness (QED) is 0.453. The van der Waals surface area contributed by atoms with Crippen LogP contribution in [-0.2, 0) is 6.54 Å². The molecule has 0 aliphatic rings. The number of rotatable bonds is 7. The van der Waals surface area contributed by atoms with E-state index in [1.807, 2.05) is 7.05 Å². The minimum atomic E-state index is -0.394. The number of anilines is 1. The Kier molecular flexibility index (Phi) is 6.07. The highest BCUT2D eigenvalue weighted by molar-refractivity contribution is 7.98. The van der Waals surface area contributed by atoms with Gasteiger partial charge in [-0.15, -0.1) is 0 Å². The smallest absolute Gasteiger partial charge is 0.269 e. The van der Waals surface area contributed by atoms with Crippen LogP contribution in [0.1, 0.15) is 12.5 Å². The lowest BCUT2D eigenvalue weighted by Crippen LogP contribution is -2.31. The third kappa shape index (κ3) is 4.38. The lowest BCUT2D eigenvalue weighted by atomic mass is 10.1. The molecule has 0 fully saturated rings. The van der Waals surface area contributed by atoms with E-state index in [0.717, 1.165) is 11.3 Å². The van der Waals surface area contributed by atoms with Crippen LogP contribution in [0.2, 0.25) is 0 Å². The molecule has 19 heavy (non-hydrogen) atoms. The zero-order valence-corrected chi connectivity index (χ0v) is 12.2. The third-order valence-electron chi connectivity index (χ3n) is 3.04. The monoisotopic (exact) mass is 284 g/mol. The summed E-state index contributed by atoms with van der Waals surface area (Å²) in [6, 6.07) is 5.04. The number of benzene rings is 1. The van der Waals surface area contributed by atoms with E-state index in [1.54, 1.807) is 23.9 Å². The molecule has 0 amide bonds. The zero-order chi connectivity index (χ0) is 14.4. The van der Waals surface area contributed by atoms with Crippen molar-refractivity contribution < 1.29 is 4.92 Å². The highest BCUT2D eigenvalue weighted by Gasteiger charge is 2.14. The van der Waals surface area contributed by atoms with Gasteiger partial charge in [-0.1, -0.05) is 0 Å². The fourth-order valence-corrected chi connectivity index (χ4v) is 2.50. The van der Waals surface area contributed by atoms with Gasteiger partial charge >= 0.3 is 0 Å². The molecule has 0 bridgehead atoms. The maximum absolute atomic E-state index is 10.8. The first-order chi connectivity index (χ1) is 8.99. The summed E-state index contributed by atoms with van der Waals surface area (Å²) in [5, 5.41) is 10.8. The SMILES string of the molecule is CSCC(C)N(C)Cc1cc([N+](=O)[O-])ccc1NN. The molecule has 1 aromatic carbocycles. The van der Waals surface area contributed by atoms with E-state index in [1.165, 1.54) is 6.07 Å². The average molecular weight is 284 g/mol. The first-order valence-corrected chi connectivity index (χ1v) is 7.32. The molecule has 0 heterocycles. The van der Waals surface area contributed by atoms with Crippen LogP contribution in [0.5, 0.6) is 0 Å². The molecule has 0 saturated heterocycles. The Bertz CT molecular complexity index is 442. The van der Waals surface area contributed by atoms with Gasteiger partial charge in [0.05, 0.1) is 10.6 Å². The molecule has 0 spiro atoms. The van der Waals surface area contributed by atoms with Gasteiger partial charge in [0.1, 0.15) is 0 Å². The fraction of sp³-hybridized carbons (Fsp3) is 0.500. The Morgan fingerprint density at radius 2 is 2.26 bits per heavy atom. The molecule has 0 radical (unpaired) electrons. The number of thioether (sulfide) groups is 1. The van der Waals surface area contributed by atoms with Crippen molar-refractivity contribution in [1.29, 1.82) is 0 Å². The summed E-state index contributed by atoms with van der Waals surface area (Å²) in [6.07, 6.45) is 2.06. The summed E-state index contributed by atoms with van der Waals surface area (Å²) in [7, 11) is 2.00. The van der Waals surface area contributed by atoms with Crippen molar-refractivity contribution in [3.63, 3.8) is 0 Å². The summed E-state index contributed by atoms with van der Waals surface area (Å²) in [6.45, 7) is 2.74. The molecule has 1 unspecified atom stereocenters. The molecule has 106 valence electrons. The Hall–Kier alpha value is -1.31. The van der Waals surface area contributed by atoms with Gasteiger partial charge in [0, 0.05) is 30.5 Å². The largest absolute Gasteiger partial charge is 0.324 e. The number of non-ortho nitro benzene ring substituents is 1. The zero-order valence-electron chi connectivity index (χ0n) is 11.4. The maximum Gasteiger partial charge on any atom is 0.269 e. The van der Waals surface area contributed by atoms with Gasteiger partial charge in [0.25, 0.3) is 5.69 Å². The molecule has 7 heteroatoms. The van der Waals surface area contributed by atoms with Crippen LogP contribution in [0.15, 0.2) is 18.2 Å². The minimum Gasteiger partial charge on any atom is -0.324 e. The van der Waals surface area contributed by atoms with Gasteiger partial charge in [-0.05, 0) is 31.9 Å². The number of hydrogen-bond donors (Lipinski definition) is 2. The van der Waals surface area contributed by atoms with Crippen molar-refractivity contribution in [2.45, 2.75) is 19.5 Å². The Balaban J connectivity index is 2.91. The Morgan fingerprint density at radius 3 is 2.79 bits per heavy atom. The third-order valence-corrected chi connectivity index (χ3v) is 3.85. The summed E-state index contributed by atoms with van der Waals surface area (Å²) in [4.78, 5) is 12.6. The van der Waals surface area contributed by atoms with Crippen molar-refractivity contribution in [3.05, 3.63) is 33.9 Å². The van der Waals surface area contributed by atoms with Gasteiger partial charge in [-0.2, -0.15) is 11.8 Å². The molecule has 1 aromatic rings. The van der Waals surface area contributed by atoms with E-state index >= 15 is 0 Å². The Labute approximate surface area is 117 Å². The molecular weight excluding hydrogens is 264 g/mol. The molecule has 1 rings (SSSR count). The van der Waals surface area contributed by atoms with Gasteiger partial charge in [-0.3, -0.25) is 20.9 Å². The number of hydrogen-bond acceptors (Lipinski definition) is 6. The topological polar surface area (TPSA) is 84.4 Å². The van der Waals surface area contributed by atoms with Crippen molar-refractivity contribution >= 4 is 23.1 Å². The van der Waals surface area contributed by atoms with Crippen LogP contribution in [-0.4, -0.2) is 34.9 Å². The highest BCUT2D eigenvalue weighted by Crippen LogP contribution is 2.23. The van der Waals surface area contributed by atoms with Crippen LogP contribution in [0, 0.1) is 10.1 Å². The van der Waals surface area contributed by atoms with Crippen LogP contribution in [0.25, 0.3) is 0 Å². The maximum atomic E-state index is 10.8. The number of hydrazine groups is 1. The number of nitrogens with two attached hydrogens (primary N) is 1. The number of nitrogens with zero attached hydrogens (tertiary/aromatic N) is 2. The average Bonchev–Trinajstić information content (AvgIpc) is 2.38. The molecule has 3 N–H and O–H groups in total. The highest BCUT2D eigenvalue weighted by atomic mass is 32.2. The van der Waals surface area contributed by atoms with E-state index in [0.29, 0.717) is 18.3 Å². The second kappa shape index (κ2) is 7.32. The van der Waals surface area contributed by atoms with Gasteiger partial charge in [-0.25, -0.2) is 0 Å². The summed E-state index contributed by atoms with van der Waals surface area (Å²) < 4.78 is 0. The Morgan fingerprint density at radius 1 is 1.58 bits per heavy atom. The first kappa shape index (κ1) is 15.7. The molecule has 0 aliphatic carbocycles. The fourth-order valence-electron chi connectivity index (χ4n) is 1.76. The number of nitrogen functional groups attached to an aromatic ring is 1. The number of nitro groups is 1. The summed E-state index contributed by atoms with van der Waals surface area (Å²) >= 11 is 1.78. The van der Waals surface area contributed by atoms with Gasteiger partial charge < -0.3 is 5.43 Å². The minimum absolute atomic E-state index is 0.0833. The molecular formula is C12H20N4O2S. The lowest BCUT2D eigenvalue weighted by Gasteiger charge is -2.24. The van der Waals surface area contributed by atoms with Crippen LogP contribution >= 0.6 is 11.8 Å². The molecule has 1 atom stereocenters. The van der Waals surface area contributed by atoms with Crippen LogP contribution < -0.4 is 11.3 Å². The predicted molar refractivity (Wildman–Crippen MR) is 80.2 cm³/mol. The number of nitrogens with one attached hydrogen (secondary N) is 1. The summed E-state index contributed by atoms with van der Waals surface area (Å²) in [5.74, 6) is 6.46. The van der Waals surface area contributed by atoms with Crippen LogP contribution in [0.4, 0.5) is 11.4 Å². The molecule has 6 nitrogen and oxygen atoms in total. The standard InChI is InChI=1S/C12H20N4O2S/c1-9(8-19-3)15(2)7-10-6-11(16(17)18)4-5-12(10)14-13/h4-6,9,14H,7-8,13H2,1-3H3. The van der Waals surface area contributed by atoms with E-state index in [4.69, 9.17) is 5.84 Å². The molecule has 0 aliphatic heterocycles. The van der Waals surface area contributed by atoms with Crippen LogP contribution in [0.3, 0.4) is 0 Å². The van der Waals surface area contributed by atoms with Crippen molar-refractivity contribution in [3.8, 4) is 0 Å². The van der Waals surface area contributed by atoms with Gasteiger partial charge in [0.15, 0.2) is 0 Å². The lowest BCUT2D eigenvalue weighted by molar-refractivity contribution is -0.384. The van der Waals surface area contributed by atoms with E-state index in [-0.39, 0.29) is 5.69 Å². The normalized spacial score (nSPS) is 12.5. The predicted octanol–water partition coefficient (Wildman–Crippen LogP) is 2.06. The van der Waals surface area contributed by atoms with E-state index in [9.17, 15) is 10.1 Å². The van der Waals surface area contributed by atoms with E-state index < -0.39 is 4.92 Å². The van der Waals surface area contributed by atoms with Crippen molar-refractivity contribution in [1.82, 2.24) is 4.90 Å². The first-order valence-electron chi connectivity index (χ1n) is 5.92. The molecule has 0 saturated carbocycles. The second-order valence-electron chi connectivity index (χ2n) is 4.46. The second-order valence-corrected chi connectivity index (χ2v) is 5.37. The molecule has 0 aromatic heterocycles. The van der Waals surface area contributed by atoms with E-state index in [2.05, 4.69) is 23.5 Å². The van der Waals surface area contributed by atoms with Gasteiger partial charge in [0.2, 0.25) is 0 Å². The number of nitro benzene ring substituents is 1. The van der Waals surface area contributed by atoms with Crippen molar-refractivity contribution in [2.75, 3.05) is 24.5 Å². The summed E-state index contributed by atoms with van der Waals surface area (Å²) in [5.41, 5.74) is 4.21. The van der Waals surface area contributed by atoms with Crippen molar-refractivity contribution in [2.24, 2.45) is 5.84 Å².